The molecule has 1 aliphatic heterocycles. The molecule has 140 valence electrons. The largest absolute Gasteiger partial charge is 0.444 e. The Kier molecular flexibility index (Phi) is 5.28. The molecule has 6 heteroatoms. The summed E-state index contributed by atoms with van der Waals surface area (Å²) in [6.45, 7) is 6.38. The Hall–Kier alpha value is -2.01. The van der Waals surface area contributed by atoms with Crippen LogP contribution in [0.25, 0.3) is 0 Å². The third-order valence-electron chi connectivity index (χ3n) is 4.44. The lowest BCUT2D eigenvalue weighted by atomic mass is 10.0. The van der Waals surface area contributed by atoms with Crippen LogP contribution in [0.3, 0.4) is 0 Å². The van der Waals surface area contributed by atoms with Gasteiger partial charge in [-0.15, -0.1) is 0 Å². The van der Waals surface area contributed by atoms with Crippen molar-refractivity contribution in [2.45, 2.75) is 51.7 Å². The van der Waals surface area contributed by atoms with Gasteiger partial charge in [0.25, 0.3) is 0 Å². The zero-order valence-electron chi connectivity index (χ0n) is 15.8. The van der Waals surface area contributed by atoms with Crippen LogP contribution >= 0.6 is 11.6 Å². The summed E-state index contributed by atoms with van der Waals surface area (Å²) in [5.41, 5.74) is 2.77. The second-order valence-electron chi connectivity index (χ2n) is 7.85. The van der Waals surface area contributed by atoms with Crippen molar-refractivity contribution < 1.29 is 9.53 Å². The van der Waals surface area contributed by atoms with Gasteiger partial charge in [0.1, 0.15) is 5.60 Å². The van der Waals surface area contributed by atoms with E-state index in [4.69, 9.17) is 16.3 Å². The van der Waals surface area contributed by atoms with Crippen molar-refractivity contribution in [3.63, 3.8) is 0 Å². The molecule has 1 aromatic carbocycles. The van der Waals surface area contributed by atoms with Gasteiger partial charge in [-0.25, -0.2) is 4.79 Å². The van der Waals surface area contributed by atoms with Gasteiger partial charge in [-0.2, -0.15) is 5.10 Å². The number of carbonyl (C=O) groups is 1. The zero-order valence-corrected chi connectivity index (χ0v) is 16.6. The van der Waals surface area contributed by atoms with Gasteiger partial charge in [0.05, 0.1) is 11.7 Å². The number of hydrogen-bond acceptors (Lipinski definition) is 3. The second kappa shape index (κ2) is 7.31. The fourth-order valence-electron chi connectivity index (χ4n) is 3.38. The molecular formula is C20H26ClN3O2. The molecule has 0 saturated carbocycles. The number of amides is 1. The number of likely N-dealkylation sites (tertiary alicyclic amines) is 1. The minimum atomic E-state index is -0.500. The van der Waals surface area contributed by atoms with Crippen molar-refractivity contribution in [1.82, 2.24) is 14.7 Å². The third kappa shape index (κ3) is 4.39. The molecule has 2 heterocycles. The van der Waals surface area contributed by atoms with E-state index in [2.05, 4.69) is 5.10 Å². The number of aryl methyl sites for hydroxylation is 1. The molecule has 0 aliphatic carbocycles. The summed E-state index contributed by atoms with van der Waals surface area (Å²) in [6, 6.07) is 7.82. The Morgan fingerprint density at radius 1 is 1.31 bits per heavy atom. The maximum absolute atomic E-state index is 12.6. The summed E-state index contributed by atoms with van der Waals surface area (Å²) in [4.78, 5) is 14.4. The molecule has 0 unspecified atom stereocenters. The fraction of sp³-hybridized carbons (Fsp3) is 0.500. The summed E-state index contributed by atoms with van der Waals surface area (Å²) in [7, 11) is 1.92. The SMILES string of the molecule is Cn1cc(Cc2ccc(Cl)cc2)c([C@@H]2CCCN2C(=O)OC(C)(C)C)n1. The van der Waals surface area contributed by atoms with Crippen LogP contribution in [-0.2, 0) is 18.2 Å². The molecule has 1 saturated heterocycles. The number of hydrogen-bond donors (Lipinski definition) is 0. The minimum Gasteiger partial charge on any atom is -0.444 e. The van der Waals surface area contributed by atoms with Crippen molar-refractivity contribution in [2.75, 3.05) is 6.54 Å². The highest BCUT2D eigenvalue weighted by molar-refractivity contribution is 6.30. The lowest BCUT2D eigenvalue weighted by molar-refractivity contribution is 0.0220. The second-order valence-corrected chi connectivity index (χ2v) is 8.28. The van der Waals surface area contributed by atoms with Crippen LogP contribution < -0.4 is 0 Å². The molecule has 1 fully saturated rings. The molecule has 26 heavy (non-hydrogen) atoms. The van der Waals surface area contributed by atoms with E-state index in [1.165, 1.54) is 5.56 Å². The standard InChI is InChI=1S/C20H26ClN3O2/c1-20(2,3)26-19(25)24-11-5-6-17(24)18-15(13-23(4)22-18)12-14-7-9-16(21)10-8-14/h7-10,13,17H,5-6,11-12H2,1-4H3/t17-/m0/s1. The van der Waals surface area contributed by atoms with Gasteiger partial charge >= 0.3 is 6.09 Å². The first-order valence-corrected chi connectivity index (χ1v) is 9.37. The molecule has 1 atom stereocenters. The predicted octanol–water partition coefficient (Wildman–Crippen LogP) is 4.74. The lowest BCUT2D eigenvalue weighted by Crippen LogP contribution is -2.36. The maximum Gasteiger partial charge on any atom is 0.410 e. The monoisotopic (exact) mass is 375 g/mol. The van der Waals surface area contributed by atoms with Gasteiger partial charge in [0.2, 0.25) is 0 Å². The molecule has 3 rings (SSSR count). The number of benzene rings is 1. The molecule has 2 aromatic rings. The number of halogens is 1. The van der Waals surface area contributed by atoms with Gasteiger partial charge in [-0.1, -0.05) is 23.7 Å². The first-order chi connectivity index (χ1) is 12.2. The van der Waals surface area contributed by atoms with Gasteiger partial charge in [0.15, 0.2) is 0 Å². The Morgan fingerprint density at radius 2 is 2.00 bits per heavy atom. The third-order valence-corrected chi connectivity index (χ3v) is 4.69. The topological polar surface area (TPSA) is 47.4 Å². The van der Waals surface area contributed by atoms with E-state index in [1.807, 2.05) is 67.9 Å². The number of ether oxygens (including phenoxy) is 1. The Labute approximate surface area is 159 Å². The van der Waals surface area contributed by atoms with Crippen LogP contribution in [0.4, 0.5) is 4.79 Å². The van der Waals surface area contributed by atoms with Gasteiger partial charge in [-0.05, 0) is 56.9 Å². The molecular weight excluding hydrogens is 350 g/mol. The number of nitrogens with zero attached hydrogens (tertiary/aromatic N) is 3. The summed E-state index contributed by atoms with van der Waals surface area (Å²) in [5.74, 6) is 0. The van der Waals surface area contributed by atoms with E-state index in [-0.39, 0.29) is 12.1 Å². The molecule has 1 aromatic heterocycles. The normalized spacial score (nSPS) is 17.6. The summed E-state index contributed by atoms with van der Waals surface area (Å²) >= 11 is 5.99. The molecule has 0 radical (unpaired) electrons. The van der Waals surface area contributed by atoms with Crippen molar-refractivity contribution in [3.8, 4) is 0 Å². The summed E-state index contributed by atoms with van der Waals surface area (Å²) in [5, 5.41) is 5.41. The Bertz CT molecular complexity index is 777. The number of carbonyl (C=O) groups excluding carboxylic acids is 1. The Morgan fingerprint density at radius 3 is 2.65 bits per heavy atom. The van der Waals surface area contributed by atoms with Crippen molar-refractivity contribution in [2.24, 2.45) is 7.05 Å². The Balaban J connectivity index is 1.84. The van der Waals surface area contributed by atoms with E-state index >= 15 is 0 Å². The quantitative estimate of drug-likeness (QED) is 0.778. The molecule has 1 amide bonds. The lowest BCUT2D eigenvalue weighted by Gasteiger charge is -2.28. The molecule has 5 nitrogen and oxygen atoms in total. The highest BCUT2D eigenvalue weighted by atomic mass is 35.5. The van der Waals surface area contributed by atoms with Gasteiger partial charge < -0.3 is 4.74 Å². The van der Waals surface area contributed by atoms with E-state index in [0.717, 1.165) is 35.5 Å². The van der Waals surface area contributed by atoms with Crippen LogP contribution in [0.2, 0.25) is 5.02 Å². The highest BCUT2D eigenvalue weighted by Gasteiger charge is 2.35. The number of aromatic nitrogens is 2. The molecule has 0 spiro atoms. The maximum atomic E-state index is 12.6. The van der Waals surface area contributed by atoms with Crippen molar-refractivity contribution in [3.05, 3.63) is 52.3 Å². The van der Waals surface area contributed by atoms with E-state index < -0.39 is 5.60 Å². The average molecular weight is 376 g/mol. The van der Waals surface area contributed by atoms with Crippen LogP contribution in [0, 0.1) is 0 Å². The van der Waals surface area contributed by atoms with Crippen molar-refractivity contribution >= 4 is 17.7 Å². The molecule has 1 aliphatic rings. The predicted molar refractivity (Wildman–Crippen MR) is 102 cm³/mol. The first-order valence-electron chi connectivity index (χ1n) is 8.99. The smallest absolute Gasteiger partial charge is 0.410 e. The first kappa shape index (κ1) is 18.8. The van der Waals surface area contributed by atoms with E-state index in [0.29, 0.717) is 6.54 Å². The average Bonchev–Trinajstić information content (AvgIpc) is 3.14. The summed E-state index contributed by atoms with van der Waals surface area (Å²) < 4.78 is 7.41. The molecule has 0 bridgehead atoms. The minimum absolute atomic E-state index is 0.0339. The van der Waals surface area contributed by atoms with E-state index in [9.17, 15) is 4.79 Å². The van der Waals surface area contributed by atoms with Gasteiger partial charge in [-0.3, -0.25) is 9.58 Å². The number of rotatable bonds is 3. The van der Waals surface area contributed by atoms with Gasteiger partial charge in [0, 0.05) is 31.2 Å². The summed E-state index contributed by atoms with van der Waals surface area (Å²) in [6.07, 6.45) is 4.40. The van der Waals surface area contributed by atoms with E-state index in [1.54, 1.807) is 0 Å². The molecule has 0 N–H and O–H groups in total. The van der Waals surface area contributed by atoms with Crippen LogP contribution in [0.15, 0.2) is 30.5 Å². The van der Waals surface area contributed by atoms with Crippen LogP contribution in [0.1, 0.15) is 56.5 Å². The van der Waals surface area contributed by atoms with Crippen LogP contribution in [-0.4, -0.2) is 32.9 Å². The highest BCUT2D eigenvalue weighted by Crippen LogP contribution is 2.34. The van der Waals surface area contributed by atoms with Crippen molar-refractivity contribution in [1.29, 1.82) is 0 Å². The van der Waals surface area contributed by atoms with Crippen LogP contribution in [0.5, 0.6) is 0 Å². The fourth-order valence-corrected chi connectivity index (χ4v) is 3.51. The zero-order chi connectivity index (χ0) is 18.9.